The van der Waals surface area contributed by atoms with Crippen LogP contribution < -0.4 is 14.8 Å². The lowest BCUT2D eigenvalue weighted by Crippen LogP contribution is -2.17. The van der Waals surface area contributed by atoms with Crippen molar-refractivity contribution in [2.24, 2.45) is 0 Å². The van der Waals surface area contributed by atoms with E-state index in [4.69, 9.17) is 9.47 Å². The first kappa shape index (κ1) is 19.4. The fourth-order valence-corrected chi connectivity index (χ4v) is 3.05. The molecule has 0 bridgehead atoms. The maximum Gasteiger partial charge on any atom is 0.276 e. The van der Waals surface area contributed by atoms with Gasteiger partial charge in [-0.1, -0.05) is 18.2 Å². The molecule has 4 aromatic rings. The van der Waals surface area contributed by atoms with E-state index in [-0.39, 0.29) is 18.3 Å². The monoisotopic (exact) mass is 406 g/mol. The molecule has 7 nitrogen and oxygen atoms in total. The third-order valence-corrected chi connectivity index (χ3v) is 4.44. The number of ether oxygens (including phenoxy) is 2. The van der Waals surface area contributed by atoms with E-state index in [1.54, 1.807) is 43.3 Å². The average Bonchev–Trinajstić information content (AvgIpc) is 3.07. The Hall–Kier alpha value is -3.94. The van der Waals surface area contributed by atoms with E-state index in [9.17, 15) is 9.18 Å². The Morgan fingerprint density at radius 1 is 1.13 bits per heavy atom. The highest BCUT2D eigenvalue weighted by Crippen LogP contribution is 2.19. The standard InChI is InChI=1S/C22H19FN4O3/c1-14-21(27-19(24-14)9-10-20(26-27)29-2)22(28)25-17-7-3-5-15(11-17)13-30-18-8-4-6-16(23)12-18/h3-12H,13H2,1-2H3,(H,25,28). The van der Waals surface area contributed by atoms with Crippen LogP contribution in [0.2, 0.25) is 0 Å². The van der Waals surface area contributed by atoms with Gasteiger partial charge in [0.1, 0.15) is 18.2 Å². The first-order valence-electron chi connectivity index (χ1n) is 9.22. The zero-order valence-electron chi connectivity index (χ0n) is 16.4. The molecule has 1 amide bonds. The van der Waals surface area contributed by atoms with Crippen LogP contribution in [0, 0.1) is 12.7 Å². The van der Waals surface area contributed by atoms with Crippen LogP contribution in [0.1, 0.15) is 21.7 Å². The van der Waals surface area contributed by atoms with Crippen LogP contribution in [0.5, 0.6) is 11.6 Å². The second kappa shape index (κ2) is 8.20. The number of fused-ring (bicyclic) bond motifs is 1. The smallest absolute Gasteiger partial charge is 0.276 e. The number of benzene rings is 2. The summed E-state index contributed by atoms with van der Waals surface area (Å²) in [6.45, 7) is 1.99. The highest BCUT2D eigenvalue weighted by molar-refractivity contribution is 6.04. The van der Waals surface area contributed by atoms with Gasteiger partial charge in [-0.3, -0.25) is 4.79 Å². The van der Waals surface area contributed by atoms with Crippen LogP contribution >= 0.6 is 0 Å². The van der Waals surface area contributed by atoms with Crippen LogP contribution in [-0.2, 0) is 6.61 Å². The summed E-state index contributed by atoms with van der Waals surface area (Å²) in [5, 5.41) is 7.15. The van der Waals surface area contributed by atoms with E-state index in [1.165, 1.54) is 23.8 Å². The van der Waals surface area contributed by atoms with Crippen molar-refractivity contribution in [3.63, 3.8) is 0 Å². The summed E-state index contributed by atoms with van der Waals surface area (Å²) in [5.41, 5.74) is 2.85. The zero-order valence-corrected chi connectivity index (χ0v) is 16.4. The van der Waals surface area contributed by atoms with Crippen molar-refractivity contribution in [2.75, 3.05) is 12.4 Å². The number of nitrogens with zero attached hydrogens (tertiary/aromatic N) is 3. The maximum atomic E-state index is 13.3. The lowest BCUT2D eigenvalue weighted by atomic mass is 10.2. The zero-order chi connectivity index (χ0) is 21.1. The van der Waals surface area contributed by atoms with Gasteiger partial charge in [-0.05, 0) is 42.8 Å². The Balaban J connectivity index is 1.52. The quantitative estimate of drug-likeness (QED) is 0.523. The van der Waals surface area contributed by atoms with Crippen LogP contribution in [0.15, 0.2) is 60.7 Å². The van der Waals surface area contributed by atoms with E-state index in [1.807, 2.05) is 12.1 Å². The molecule has 30 heavy (non-hydrogen) atoms. The summed E-state index contributed by atoms with van der Waals surface area (Å²) in [7, 11) is 1.51. The Labute approximate surface area is 172 Å². The van der Waals surface area contributed by atoms with Crippen molar-refractivity contribution in [1.29, 1.82) is 0 Å². The number of amides is 1. The van der Waals surface area contributed by atoms with Crippen molar-refractivity contribution in [2.45, 2.75) is 13.5 Å². The van der Waals surface area contributed by atoms with Crippen molar-refractivity contribution in [3.8, 4) is 11.6 Å². The fourth-order valence-electron chi connectivity index (χ4n) is 3.05. The summed E-state index contributed by atoms with van der Waals surface area (Å²) in [6.07, 6.45) is 0. The van der Waals surface area contributed by atoms with Crippen molar-refractivity contribution in [3.05, 3.63) is 83.4 Å². The number of halogens is 1. The van der Waals surface area contributed by atoms with Gasteiger partial charge in [0.2, 0.25) is 5.88 Å². The number of aromatic nitrogens is 3. The lowest BCUT2D eigenvalue weighted by molar-refractivity contribution is 0.101. The number of aryl methyl sites for hydroxylation is 1. The first-order chi connectivity index (χ1) is 14.5. The molecular weight excluding hydrogens is 387 g/mol. The van der Waals surface area contributed by atoms with E-state index >= 15 is 0 Å². The number of methoxy groups -OCH3 is 1. The molecule has 0 saturated carbocycles. The molecule has 152 valence electrons. The van der Waals surface area contributed by atoms with E-state index in [0.29, 0.717) is 34.4 Å². The highest BCUT2D eigenvalue weighted by atomic mass is 19.1. The van der Waals surface area contributed by atoms with Gasteiger partial charge in [0.25, 0.3) is 5.91 Å². The van der Waals surface area contributed by atoms with Gasteiger partial charge >= 0.3 is 0 Å². The SMILES string of the molecule is COc1ccc2nc(C)c(C(=O)Nc3cccc(COc4cccc(F)c4)c3)n2n1. The van der Waals surface area contributed by atoms with Crippen LogP contribution in [0.25, 0.3) is 5.65 Å². The van der Waals surface area contributed by atoms with E-state index < -0.39 is 0 Å². The normalized spacial score (nSPS) is 10.8. The average molecular weight is 406 g/mol. The molecule has 2 aromatic heterocycles. The van der Waals surface area contributed by atoms with Gasteiger partial charge in [-0.15, -0.1) is 5.10 Å². The molecule has 2 aromatic carbocycles. The third kappa shape index (κ3) is 4.07. The van der Waals surface area contributed by atoms with Crippen molar-refractivity contribution in [1.82, 2.24) is 14.6 Å². The van der Waals surface area contributed by atoms with Crippen LogP contribution in [0.3, 0.4) is 0 Å². The predicted octanol–water partition coefficient (Wildman–Crippen LogP) is 4.02. The minimum absolute atomic E-state index is 0.237. The molecule has 1 N–H and O–H groups in total. The summed E-state index contributed by atoms with van der Waals surface area (Å²) < 4.78 is 25.5. The molecule has 0 aliphatic rings. The Morgan fingerprint density at radius 3 is 2.77 bits per heavy atom. The largest absolute Gasteiger partial charge is 0.489 e. The van der Waals surface area contributed by atoms with Crippen LogP contribution in [-0.4, -0.2) is 27.6 Å². The molecule has 0 saturated heterocycles. The summed E-state index contributed by atoms with van der Waals surface area (Å²) in [5.74, 6) is 0.113. The molecule has 2 heterocycles. The second-order valence-electron chi connectivity index (χ2n) is 6.59. The number of rotatable bonds is 6. The minimum atomic E-state index is -0.359. The number of hydrogen-bond donors (Lipinski definition) is 1. The number of carbonyl (C=O) groups excluding carboxylic acids is 1. The number of anilines is 1. The first-order valence-corrected chi connectivity index (χ1v) is 9.22. The van der Waals surface area contributed by atoms with E-state index in [2.05, 4.69) is 15.4 Å². The van der Waals surface area contributed by atoms with E-state index in [0.717, 1.165) is 5.56 Å². The molecular formula is C22H19FN4O3. The molecule has 0 atom stereocenters. The number of hydrogen-bond acceptors (Lipinski definition) is 5. The minimum Gasteiger partial charge on any atom is -0.489 e. The van der Waals surface area contributed by atoms with Gasteiger partial charge in [0.05, 0.1) is 12.8 Å². The molecule has 0 fully saturated rings. The number of carbonyl (C=O) groups is 1. The van der Waals surface area contributed by atoms with Crippen LogP contribution in [0.4, 0.5) is 10.1 Å². The highest BCUT2D eigenvalue weighted by Gasteiger charge is 2.18. The summed E-state index contributed by atoms with van der Waals surface area (Å²) in [4.78, 5) is 17.3. The number of imidazole rings is 1. The lowest BCUT2D eigenvalue weighted by Gasteiger charge is -2.09. The summed E-state index contributed by atoms with van der Waals surface area (Å²) in [6, 6.07) is 16.6. The maximum absolute atomic E-state index is 13.3. The fraction of sp³-hybridized carbons (Fsp3) is 0.136. The van der Waals surface area contributed by atoms with Gasteiger partial charge in [0.15, 0.2) is 11.3 Å². The Kier molecular flexibility index (Phi) is 5.30. The Morgan fingerprint density at radius 2 is 1.97 bits per heavy atom. The molecule has 8 heteroatoms. The van der Waals surface area contributed by atoms with Gasteiger partial charge in [-0.25, -0.2) is 13.9 Å². The molecule has 0 radical (unpaired) electrons. The molecule has 0 unspecified atom stereocenters. The Bertz CT molecular complexity index is 1220. The molecule has 0 aliphatic carbocycles. The van der Waals surface area contributed by atoms with Gasteiger partial charge < -0.3 is 14.8 Å². The molecule has 0 spiro atoms. The summed E-state index contributed by atoms with van der Waals surface area (Å²) >= 11 is 0. The van der Waals surface area contributed by atoms with Gasteiger partial charge in [0, 0.05) is 17.8 Å². The molecule has 4 rings (SSSR count). The third-order valence-electron chi connectivity index (χ3n) is 4.44. The predicted molar refractivity (Wildman–Crippen MR) is 109 cm³/mol. The molecule has 0 aliphatic heterocycles. The second-order valence-corrected chi connectivity index (χ2v) is 6.59. The van der Waals surface area contributed by atoms with Gasteiger partial charge in [-0.2, -0.15) is 0 Å². The topological polar surface area (TPSA) is 77.8 Å². The van der Waals surface area contributed by atoms with Crippen molar-refractivity contribution >= 4 is 17.2 Å². The number of nitrogens with one attached hydrogen (secondary N) is 1. The van der Waals surface area contributed by atoms with Crippen molar-refractivity contribution < 1.29 is 18.7 Å².